The molecular formula is C21H38ClN3O4. The Hall–Kier alpha value is -0.890. The molecule has 1 N–H and O–H groups in total. The van der Waals surface area contributed by atoms with E-state index in [4.69, 9.17) is 9.47 Å². The Balaban J connectivity index is 0.00000300. The average Bonchev–Trinajstić information content (AvgIpc) is 3.47. The van der Waals surface area contributed by atoms with Crippen LogP contribution in [-0.2, 0) is 19.1 Å². The third kappa shape index (κ3) is 6.06. The Bertz CT molecular complexity index is 530. The summed E-state index contributed by atoms with van der Waals surface area (Å²) in [6, 6.07) is 0. The van der Waals surface area contributed by atoms with Gasteiger partial charge in [0.2, 0.25) is 11.8 Å². The lowest BCUT2D eigenvalue weighted by atomic mass is 9.81. The minimum Gasteiger partial charge on any atom is -0.376 e. The van der Waals surface area contributed by atoms with Crippen molar-refractivity contribution in [2.45, 2.75) is 64.6 Å². The van der Waals surface area contributed by atoms with E-state index >= 15 is 0 Å². The van der Waals surface area contributed by atoms with E-state index in [9.17, 15) is 9.59 Å². The van der Waals surface area contributed by atoms with Gasteiger partial charge in [0.1, 0.15) is 0 Å². The van der Waals surface area contributed by atoms with Gasteiger partial charge in [0.25, 0.3) is 0 Å². The summed E-state index contributed by atoms with van der Waals surface area (Å²) < 4.78 is 11.5. The normalized spacial score (nSPS) is 28.9. The van der Waals surface area contributed by atoms with Crippen molar-refractivity contribution < 1.29 is 19.1 Å². The maximum Gasteiger partial charge on any atom is 0.230 e. The molecule has 3 atom stereocenters. The summed E-state index contributed by atoms with van der Waals surface area (Å²) in [5, 5.41) is 3.33. The molecule has 0 aromatic rings. The summed E-state index contributed by atoms with van der Waals surface area (Å²) in [5.74, 6) is 0.181. The number of hydrogen-bond acceptors (Lipinski definition) is 5. The van der Waals surface area contributed by atoms with Gasteiger partial charge in [0.15, 0.2) is 0 Å². The minimum atomic E-state index is -0.629. The largest absolute Gasteiger partial charge is 0.376 e. The average molecular weight is 432 g/mol. The maximum atomic E-state index is 13.5. The molecule has 3 heterocycles. The highest BCUT2D eigenvalue weighted by Gasteiger charge is 2.46. The summed E-state index contributed by atoms with van der Waals surface area (Å²) in [7, 11) is 0. The Morgan fingerprint density at radius 1 is 1.00 bits per heavy atom. The summed E-state index contributed by atoms with van der Waals surface area (Å²) >= 11 is 0. The van der Waals surface area contributed by atoms with Gasteiger partial charge in [0.05, 0.1) is 17.6 Å². The van der Waals surface area contributed by atoms with E-state index in [1.807, 2.05) is 23.6 Å². The molecular weight excluding hydrogens is 394 g/mol. The van der Waals surface area contributed by atoms with Crippen molar-refractivity contribution in [3.05, 3.63) is 0 Å². The van der Waals surface area contributed by atoms with Crippen LogP contribution in [-0.4, -0.2) is 86.3 Å². The Kier molecular flexibility index (Phi) is 9.66. The third-order valence-electron chi connectivity index (χ3n) is 6.49. The van der Waals surface area contributed by atoms with Crippen LogP contribution < -0.4 is 5.32 Å². The first kappa shape index (κ1) is 24.4. The van der Waals surface area contributed by atoms with Crippen molar-refractivity contribution in [3.8, 4) is 0 Å². The van der Waals surface area contributed by atoms with Gasteiger partial charge in [-0.3, -0.25) is 9.59 Å². The molecule has 2 amide bonds. The van der Waals surface area contributed by atoms with Crippen molar-refractivity contribution in [1.29, 1.82) is 0 Å². The third-order valence-corrected chi connectivity index (χ3v) is 6.49. The SMILES string of the molecule is CCN(CC1CCCO1)C(=O)CC1(C(=O)N(CC)CC2CCCO2)CCNC1.Cl. The Morgan fingerprint density at radius 2 is 1.59 bits per heavy atom. The van der Waals surface area contributed by atoms with E-state index in [1.54, 1.807) is 0 Å². The van der Waals surface area contributed by atoms with E-state index in [2.05, 4.69) is 5.32 Å². The first-order valence-electron chi connectivity index (χ1n) is 11.1. The number of hydrogen-bond donors (Lipinski definition) is 1. The lowest BCUT2D eigenvalue weighted by Gasteiger charge is -2.35. The van der Waals surface area contributed by atoms with Gasteiger partial charge in [-0.2, -0.15) is 0 Å². The molecule has 3 aliphatic rings. The quantitative estimate of drug-likeness (QED) is 0.603. The summed E-state index contributed by atoms with van der Waals surface area (Å²) in [6.07, 6.45) is 5.44. The fraction of sp³-hybridized carbons (Fsp3) is 0.905. The second kappa shape index (κ2) is 11.5. The van der Waals surface area contributed by atoms with Crippen molar-refractivity contribution >= 4 is 24.2 Å². The maximum absolute atomic E-state index is 13.5. The van der Waals surface area contributed by atoms with E-state index in [0.29, 0.717) is 32.7 Å². The molecule has 0 aromatic heterocycles. The van der Waals surface area contributed by atoms with Crippen LogP contribution in [0.3, 0.4) is 0 Å². The van der Waals surface area contributed by atoms with E-state index < -0.39 is 5.41 Å². The molecule has 3 rings (SSSR count). The van der Waals surface area contributed by atoms with Gasteiger partial charge < -0.3 is 24.6 Å². The number of nitrogens with zero attached hydrogens (tertiary/aromatic N) is 2. The number of halogens is 1. The van der Waals surface area contributed by atoms with Crippen LogP contribution in [0, 0.1) is 5.41 Å². The molecule has 7 nitrogen and oxygen atoms in total. The first-order valence-corrected chi connectivity index (χ1v) is 11.1. The van der Waals surface area contributed by atoms with E-state index in [0.717, 1.165) is 51.9 Å². The van der Waals surface area contributed by atoms with Crippen LogP contribution in [0.1, 0.15) is 52.4 Å². The van der Waals surface area contributed by atoms with E-state index in [1.165, 1.54) is 0 Å². The van der Waals surface area contributed by atoms with Crippen LogP contribution in [0.25, 0.3) is 0 Å². The predicted octanol–water partition coefficient (Wildman–Crippen LogP) is 1.83. The molecule has 168 valence electrons. The molecule has 0 radical (unpaired) electrons. The second-order valence-corrected chi connectivity index (χ2v) is 8.43. The van der Waals surface area contributed by atoms with Gasteiger partial charge in [-0.15, -0.1) is 12.4 Å². The molecule has 0 bridgehead atoms. The van der Waals surface area contributed by atoms with Gasteiger partial charge >= 0.3 is 0 Å². The Morgan fingerprint density at radius 3 is 2.03 bits per heavy atom. The predicted molar refractivity (Wildman–Crippen MR) is 114 cm³/mol. The zero-order valence-electron chi connectivity index (χ0n) is 18.0. The van der Waals surface area contributed by atoms with Crippen molar-refractivity contribution in [2.24, 2.45) is 5.41 Å². The summed E-state index contributed by atoms with van der Waals surface area (Å²) in [5.41, 5.74) is -0.629. The molecule has 8 heteroatoms. The van der Waals surface area contributed by atoms with Gasteiger partial charge in [-0.05, 0) is 52.5 Å². The highest BCUT2D eigenvalue weighted by molar-refractivity contribution is 5.89. The number of amides is 2. The van der Waals surface area contributed by atoms with Gasteiger partial charge in [-0.1, -0.05) is 0 Å². The van der Waals surface area contributed by atoms with Gasteiger partial charge in [0, 0.05) is 52.4 Å². The zero-order valence-corrected chi connectivity index (χ0v) is 18.8. The minimum absolute atomic E-state index is 0. The second-order valence-electron chi connectivity index (χ2n) is 8.43. The standard InChI is InChI=1S/C21H37N3O4.ClH/c1-3-23(14-17-7-5-11-27-17)19(25)13-21(9-10-22-16-21)20(26)24(4-2)15-18-8-6-12-28-18;/h17-18,22H,3-16H2,1-2H3;1H. The molecule has 0 aromatic carbocycles. The molecule has 3 saturated heterocycles. The van der Waals surface area contributed by atoms with Crippen LogP contribution in [0.15, 0.2) is 0 Å². The highest BCUT2D eigenvalue weighted by atomic mass is 35.5. The number of carbonyl (C=O) groups is 2. The molecule has 0 saturated carbocycles. The Labute approximate surface area is 181 Å². The molecule has 29 heavy (non-hydrogen) atoms. The van der Waals surface area contributed by atoms with Crippen LogP contribution in [0.5, 0.6) is 0 Å². The molecule has 0 spiro atoms. The first-order chi connectivity index (χ1) is 13.6. The van der Waals surface area contributed by atoms with Crippen LogP contribution in [0.2, 0.25) is 0 Å². The fourth-order valence-corrected chi connectivity index (χ4v) is 4.72. The highest BCUT2D eigenvalue weighted by Crippen LogP contribution is 2.33. The lowest BCUT2D eigenvalue weighted by Crippen LogP contribution is -2.50. The smallest absolute Gasteiger partial charge is 0.230 e. The molecule has 3 aliphatic heterocycles. The summed E-state index contributed by atoms with van der Waals surface area (Å²) in [4.78, 5) is 30.4. The molecule has 3 fully saturated rings. The lowest BCUT2D eigenvalue weighted by molar-refractivity contribution is -0.148. The zero-order chi connectivity index (χ0) is 20.0. The van der Waals surface area contributed by atoms with Crippen molar-refractivity contribution in [1.82, 2.24) is 15.1 Å². The number of nitrogens with one attached hydrogen (secondary N) is 1. The molecule has 3 unspecified atom stereocenters. The monoisotopic (exact) mass is 431 g/mol. The van der Waals surface area contributed by atoms with Crippen LogP contribution >= 0.6 is 12.4 Å². The van der Waals surface area contributed by atoms with Crippen LogP contribution in [0.4, 0.5) is 0 Å². The van der Waals surface area contributed by atoms with Crippen molar-refractivity contribution in [2.75, 3.05) is 52.5 Å². The number of rotatable bonds is 9. The molecule has 0 aliphatic carbocycles. The number of likely N-dealkylation sites (N-methyl/N-ethyl adjacent to an activating group) is 2. The summed E-state index contributed by atoms with van der Waals surface area (Å²) in [6.45, 7) is 9.55. The van der Waals surface area contributed by atoms with Gasteiger partial charge in [-0.25, -0.2) is 0 Å². The number of ether oxygens (including phenoxy) is 2. The van der Waals surface area contributed by atoms with E-state index in [-0.39, 0.29) is 42.9 Å². The fourth-order valence-electron chi connectivity index (χ4n) is 4.72. The number of carbonyl (C=O) groups excluding carboxylic acids is 2. The topological polar surface area (TPSA) is 71.1 Å². The van der Waals surface area contributed by atoms with Crippen molar-refractivity contribution in [3.63, 3.8) is 0 Å².